The van der Waals surface area contributed by atoms with Crippen LogP contribution in [-0.4, -0.2) is 40.3 Å². The molecule has 37 heavy (non-hydrogen) atoms. The van der Waals surface area contributed by atoms with Crippen LogP contribution in [0.1, 0.15) is 46.4 Å². The number of carboxylic acid groups (broad SMARTS) is 1. The first-order chi connectivity index (χ1) is 18.0. The predicted octanol–water partition coefficient (Wildman–Crippen LogP) is 5.91. The van der Waals surface area contributed by atoms with Crippen molar-refractivity contribution in [2.24, 2.45) is 0 Å². The molecule has 0 aliphatic heterocycles. The van der Waals surface area contributed by atoms with Crippen LogP contribution in [0.25, 0.3) is 10.8 Å². The summed E-state index contributed by atoms with van der Waals surface area (Å²) in [6, 6.07) is 20.9. The van der Waals surface area contributed by atoms with Crippen LogP contribution in [0.3, 0.4) is 0 Å². The molecule has 0 bridgehead atoms. The fourth-order valence-corrected chi connectivity index (χ4v) is 3.78. The van der Waals surface area contributed by atoms with Crippen molar-refractivity contribution in [1.29, 1.82) is 0 Å². The summed E-state index contributed by atoms with van der Waals surface area (Å²) in [5.41, 5.74) is 0.489. The minimum Gasteiger partial charge on any atom is -0.494 e. The zero-order chi connectivity index (χ0) is 26.0. The third-order valence-corrected chi connectivity index (χ3v) is 5.73. The van der Waals surface area contributed by atoms with Gasteiger partial charge in [0.1, 0.15) is 11.5 Å². The lowest BCUT2D eigenvalue weighted by Crippen LogP contribution is -2.15. The molecule has 190 valence electrons. The second-order valence-electron chi connectivity index (χ2n) is 8.45. The van der Waals surface area contributed by atoms with Gasteiger partial charge in [-0.2, -0.15) is 0 Å². The molecule has 3 aromatic carbocycles. The van der Waals surface area contributed by atoms with Gasteiger partial charge in [0.25, 0.3) is 5.91 Å². The molecule has 0 radical (unpaired) electrons. The van der Waals surface area contributed by atoms with E-state index in [1.165, 1.54) is 18.3 Å². The molecule has 1 aromatic heterocycles. The number of carboxylic acids is 1. The second-order valence-corrected chi connectivity index (χ2v) is 8.45. The summed E-state index contributed by atoms with van der Waals surface area (Å²) < 4.78 is 11.7. The monoisotopic (exact) mass is 500 g/mol. The van der Waals surface area contributed by atoms with Crippen LogP contribution in [-0.2, 0) is 0 Å². The summed E-state index contributed by atoms with van der Waals surface area (Å²) in [5, 5.41) is 22.7. The first kappa shape index (κ1) is 25.7. The third-order valence-electron chi connectivity index (χ3n) is 5.73. The van der Waals surface area contributed by atoms with Gasteiger partial charge in [0.2, 0.25) is 5.88 Å². The van der Waals surface area contributed by atoms with Crippen LogP contribution in [0.2, 0.25) is 0 Å². The second kappa shape index (κ2) is 12.5. The lowest BCUT2D eigenvalue weighted by Gasteiger charge is -2.10. The number of amides is 1. The zero-order valence-electron chi connectivity index (χ0n) is 20.2. The molecule has 1 amide bonds. The number of para-hydroxylation sites is 1. The van der Waals surface area contributed by atoms with E-state index in [4.69, 9.17) is 14.6 Å². The third kappa shape index (κ3) is 7.05. The lowest BCUT2D eigenvalue weighted by molar-refractivity contribution is 0.0698. The molecule has 8 nitrogen and oxygen atoms in total. The van der Waals surface area contributed by atoms with Crippen LogP contribution in [0, 0.1) is 0 Å². The highest BCUT2D eigenvalue weighted by Gasteiger charge is 2.13. The van der Waals surface area contributed by atoms with Gasteiger partial charge in [-0.15, -0.1) is 0 Å². The van der Waals surface area contributed by atoms with Crippen molar-refractivity contribution in [1.82, 2.24) is 4.98 Å². The molecular weight excluding hydrogens is 472 g/mol. The summed E-state index contributed by atoms with van der Waals surface area (Å²) in [7, 11) is 0. The van der Waals surface area contributed by atoms with E-state index >= 15 is 0 Å². The van der Waals surface area contributed by atoms with Gasteiger partial charge in [-0.3, -0.25) is 4.79 Å². The maximum Gasteiger partial charge on any atom is 0.337 e. The van der Waals surface area contributed by atoms with Gasteiger partial charge in [0, 0.05) is 18.9 Å². The Kier molecular flexibility index (Phi) is 8.67. The van der Waals surface area contributed by atoms with Gasteiger partial charge in [-0.1, -0.05) is 30.7 Å². The summed E-state index contributed by atoms with van der Waals surface area (Å²) in [4.78, 5) is 28.1. The van der Waals surface area contributed by atoms with Crippen molar-refractivity contribution in [3.8, 4) is 17.4 Å². The van der Waals surface area contributed by atoms with E-state index in [-0.39, 0.29) is 23.4 Å². The Morgan fingerprint density at radius 2 is 1.57 bits per heavy atom. The normalized spacial score (nSPS) is 10.7. The number of aromatic nitrogens is 1. The summed E-state index contributed by atoms with van der Waals surface area (Å²) in [6.45, 7) is 0.880. The fraction of sp³-hybridized carbons (Fsp3) is 0.207. The van der Waals surface area contributed by atoms with Crippen molar-refractivity contribution in [2.75, 3.05) is 18.5 Å². The van der Waals surface area contributed by atoms with Crippen LogP contribution in [0.15, 0.2) is 79.0 Å². The first-order valence-electron chi connectivity index (χ1n) is 12.1. The predicted molar refractivity (Wildman–Crippen MR) is 141 cm³/mol. The molecule has 0 saturated heterocycles. The Balaban J connectivity index is 1.35. The summed E-state index contributed by atoms with van der Waals surface area (Å²) in [5.74, 6) is 0.141. The molecular formula is C29H28N2O6. The van der Waals surface area contributed by atoms with Gasteiger partial charge in [-0.25, -0.2) is 9.78 Å². The number of ether oxygens (including phenoxy) is 2. The zero-order valence-corrected chi connectivity index (χ0v) is 20.2. The molecule has 0 atom stereocenters. The molecule has 0 spiro atoms. The largest absolute Gasteiger partial charge is 0.494 e. The maximum absolute atomic E-state index is 12.6. The Morgan fingerprint density at radius 1 is 0.838 bits per heavy atom. The number of anilines is 1. The van der Waals surface area contributed by atoms with Crippen LogP contribution >= 0.6 is 0 Å². The van der Waals surface area contributed by atoms with Crippen molar-refractivity contribution in [3.63, 3.8) is 0 Å². The SMILES string of the molecule is O=C(Nc1ccccc1C(=O)O)c1ccc(Oc2ccc3cc(OCCCCCCO)ccc3c2)nc1. The van der Waals surface area contributed by atoms with E-state index in [0.29, 0.717) is 18.2 Å². The van der Waals surface area contributed by atoms with E-state index in [0.717, 1.165) is 42.2 Å². The molecule has 0 saturated carbocycles. The maximum atomic E-state index is 12.6. The van der Waals surface area contributed by atoms with Crippen molar-refractivity contribution in [2.45, 2.75) is 25.7 Å². The van der Waals surface area contributed by atoms with Gasteiger partial charge in [0.05, 0.1) is 23.4 Å². The number of nitrogens with zero attached hydrogens (tertiary/aromatic N) is 1. The van der Waals surface area contributed by atoms with Gasteiger partial charge < -0.3 is 25.0 Å². The highest BCUT2D eigenvalue weighted by molar-refractivity contribution is 6.07. The summed E-state index contributed by atoms with van der Waals surface area (Å²) in [6.07, 6.45) is 5.20. The fourth-order valence-electron chi connectivity index (χ4n) is 3.78. The minimum atomic E-state index is -1.12. The molecule has 4 aromatic rings. The number of aliphatic hydroxyl groups excluding tert-OH is 1. The number of aromatic carboxylic acids is 1. The highest BCUT2D eigenvalue weighted by Crippen LogP contribution is 2.28. The molecule has 0 aliphatic carbocycles. The number of unbranched alkanes of at least 4 members (excludes halogenated alkanes) is 3. The minimum absolute atomic E-state index is 0.00740. The number of carbonyl (C=O) groups is 2. The molecule has 1 heterocycles. The van der Waals surface area contributed by atoms with Crippen LogP contribution in [0.5, 0.6) is 17.4 Å². The van der Waals surface area contributed by atoms with E-state index in [2.05, 4.69) is 10.3 Å². The van der Waals surface area contributed by atoms with E-state index < -0.39 is 11.9 Å². The standard InChI is InChI=1S/C29H28N2O6/c32-15-5-1-2-6-16-36-23-12-9-21-18-24(13-10-20(21)17-23)37-27-14-11-22(19-30-27)28(33)31-26-8-4-3-7-25(26)29(34)35/h3-4,7-14,17-19,32H,1-2,5-6,15-16H2,(H,31,33)(H,34,35). The van der Waals surface area contributed by atoms with E-state index in [9.17, 15) is 14.7 Å². The van der Waals surface area contributed by atoms with Gasteiger partial charge in [0.15, 0.2) is 0 Å². The number of hydrogen-bond acceptors (Lipinski definition) is 6. The molecule has 0 unspecified atom stereocenters. The molecule has 0 aliphatic rings. The number of carbonyl (C=O) groups excluding carboxylic acids is 1. The van der Waals surface area contributed by atoms with E-state index in [1.54, 1.807) is 24.3 Å². The molecule has 0 fully saturated rings. The number of hydrogen-bond donors (Lipinski definition) is 3. The van der Waals surface area contributed by atoms with Gasteiger partial charge >= 0.3 is 5.97 Å². The smallest absolute Gasteiger partial charge is 0.337 e. The number of benzene rings is 3. The quantitative estimate of drug-likeness (QED) is 0.207. The molecule has 3 N–H and O–H groups in total. The number of pyridine rings is 1. The lowest BCUT2D eigenvalue weighted by atomic mass is 10.1. The highest BCUT2D eigenvalue weighted by atomic mass is 16.5. The average molecular weight is 501 g/mol. The Morgan fingerprint density at radius 3 is 2.30 bits per heavy atom. The number of nitrogens with one attached hydrogen (secondary N) is 1. The average Bonchev–Trinajstić information content (AvgIpc) is 2.91. The summed E-state index contributed by atoms with van der Waals surface area (Å²) >= 11 is 0. The number of aliphatic hydroxyl groups is 1. The molecule has 8 heteroatoms. The van der Waals surface area contributed by atoms with Crippen molar-refractivity contribution < 1.29 is 29.3 Å². The Labute approximate surface area is 214 Å². The van der Waals surface area contributed by atoms with Crippen molar-refractivity contribution in [3.05, 3.63) is 90.1 Å². The number of fused-ring (bicyclic) bond motifs is 1. The topological polar surface area (TPSA) is 118 Å². The Hall–Kier alpha value is -4.43. The first-order valence-corrected chi connectivity index (χ1v) is 12.1. The molecule has 4 rings (SSSR count). The number of rotatable bonds is 12. The van der Waals surface area contributed by atoms with E-state index in [1.807, 2.05) is 36.4 Å². The van der Waals surface area contributed by atoms with Crippen LogP contribution < -0.4 is 14.8 Å². The van der Waals surface area contributed by atoms with Crippen molar-refractivity contribution >= 4 is 28.3 Å². The van der Waals surface area contributed by atoms with Crippen LogP contribution in [0.4, 0.5) is 5.69 Å². The van der Waals surface area contributed by atoms with Gasteiger partial charge in [-0.05, 0) is 72.5 Å². The Bertz CT molecular complexity index is 1370.